The van der Waals surface area contributed by atoms with Crippen LogP contribution in [0, 0.1) is 11.8 Å². The molecule has 1 saturated carbocycles. The molecule has 0 spiro atoms. The van der Waals surface area contributed by atoms with E-state index in [1.807, 2.05) is 29.0 Å². The zero-order chi connectivity index (χ0) is 24.9. The van der Waals surface area contributed by atoms with Crippen LogP contribution in [0.2, 0.25) is 0 Å². The molecule has 35 heavy (non-hydrogen) atoms. The standard InChI is InChI=1S/C27H33N3O4S/c1-16-7-6-8-19(17(16)2)28-26(32)27(3)15-29-20-11-12-35-24(20)14-22(29)25(31)30(27)21-13-18(33-4)9-10-23(21)34-5/h9-14,16-17,19H,6-8,15H2,1-5H3,(H,28,32). The number of thiophene rings is 1. The third-order valence-electron chi connectivity index (χ3n) is 8.04. The van der Waals surface area contributed by atoms with Crippen LogP contribution in [0.25, 0.3) is 10.2 Å². The van der Waals surface area contributed by atoms with Crippen molar-refractivity contribution < 1.29 is 19.1 Å². The van der Waals surface area contributed by atoms with Crippen molar-refractivity contribution in [2.75, 3.05) is 19.1 Å². The molecule has 2 aromatic heterocycles. The second-order valence-electron chi connectivity index (χ2n) is 10.1. The summed E-state index contributed by atoms with van der Waals surface area (Å²) >= 11 is 1.59. The lowest BCUT2D eigenvalue weighted by atomic mass is 9.77. The normalized spacial score (nSPS) is 26.5. The lowest BCUT2D eigenvalue weighted by molar-refractivity contribution is -0.128. The number of ether oxygens (including phenoxy) is 2. The van der Waals surface area contributed by atoms with E-state index in [2.05, 4.69) is 19.2 Å². The van der Waals surface area contributed by atoms with Gasteiger partial charge in [-0.1, -0.05) is 26.7 Å². The maximum atomic E-state index is 14.1. The van der Waals surface area contributed by atoms with Gasteiger partial charge in [0.05, 0.1) is 36.7 Å². The first kappa shape index (κ1) is 23.7. The molecule has 2 amide bonds. The first-order chi connectivity index (χ1) is 16.8. The average molecular weight is 496 g/mol. The molecular weight excluding hydrogens is 462 g/mol. The molecule has 186 valence electrons. The van der Waals surface area contributed by atoms with Crippen molar-refractivity contribution in [2.45, 2.75) is 58.2 Å². The van der Waals surface area contributed by atoms with Crippen LogP contribution in [-0.2, 0) is 11.3 Å². The SMILES string of the molecule is COc1ccc(OC)c(N2C(=O)c3cc4sccc4n3CC2(C)C(=O)NC2CCCC(C)C2C)c1. The molecule has 0 saturated heterocycles. The zero-order valence-electron chi connectivity index (χ0n) is 21.0. The van der Waals surface area contributed by atoms with Crippen LogP contribution < -0.4 is 19.7 Å². The number of rotatable bonds is 5. The van der Waals surface area contributed by atoms with Crippen LogP contribution in [0.15, 0.2) is 35.7 Å². The predicted molar refractivity (Wildman–Crippen MR) is 139 cm³/mol. The van der Waals surface area contributed by atoms with Crippen LogP contribution >= 0.6 is 11.3 Å². The van der Waals surface area contributed by atoms with E-state index in [1.54, 1.807) is 48.7 Å². The molecule has 1 aliphatic heterocycles. The average Bonchev–Trinajstić information content (AvgIpc) is 3.44. The van der Waals surface area contributed by atoms with Gasteiger partial charge in [-0.25, -0.2) is 0 Å². The summed E-state index contributed by atoms with van der Waals surface area (Å²) in [6, 6.07) is 9.36. The number of methoxy groups -OCH3 is 2. The summed E-state index contributed by atoms with van der Waals surface area (Å²) in [6.45, 7) is 6.67. The van der Waals surface area contributed by atoms with E-state index in [0.717, 1.165) is 23.1 Å². The number of carbonyl (C=O) groups excluding carboxylic acids is 2. The minimum atomic E-state index is -1.17. The van der Waals surface area contributed by atoms with E-state index >= 15 is 0 Å². The van der Waals surface area contributed by atoms with Crippen LogP contribution in [0.5, 0.6) is 11.5 Å². The van der Waals surface area contributed by atoms with Gasteiger partial charge < -0.3 is 19.4 Å². The summed E-state index contributed by atoms with van der Waals surface area (Å²) in [5.41, 5.74) is 0.907. The molecule has 4 unspecified atom stereocenters. The van der Waals surface area contributed by atoms with Crippen LogP contribution in [0.3, 0.4) is 0 Å². The number of carbonyl (C=O) groups is 2. The van der Waals surface area contributed by atoms with Gasteiger partial charge in [-0.05, 0) is 54.8 Å². The Morgan fingerprint density at radius 3 is 2.69 bits per heavy atom. The predicted octanol–water partition coefficient (Wildman–Crippen LogP) is 5.08. The number of nitrogens with one attached hydrogen (secondary N) is 1. The Morgan fingerprint density at radius 2 is 1.94 bits per heavy atom. The van der Waals surface area contributed by atoms with Gasteiger partial charge in [-0.15, -0.1) is 11.3 Å². The maximum Gasteiger partial charge on any atom is 0.276 e. The fourth-order valence-corrected chi connectivity index (χ4v) is 6.49. The molecule has 3 aromatic rings. The van der Waals surface area contributed by atoms with Gasteiger partial charge in [0.25, 0.3) is 5.91 Å². The molecule has 7 nitrogen and oxygen atoms in total. The van der Waals surface area contributed by atoms with E-state index in [1.165, 1.54) is 6.42 Å². The maximum absolute atomic E-state index is 14.1. The van der Waals surface area contributed by atoms with E-state index in [0.29, 0.717) is 41.3 Å². The van der Waals surface area contributed by atoms with Crippen molar-refractivity contribution >= 4 is 39.1 Å². The van der Waals surface area contributed by atoms with Gasteiger partial charge in [0.1, 0.15) is 22.7 Å². The second kappa shape index (κ2) is 8.90. The van der Waals surface area contributed by atoms with Gasteiger partial charge in [0.15, 0.2) is 0 Å². The number of benzene rings is 1. The molecule has 1 aliphatic carbocycles. The number of amides is 2. The smallest absolute Gasteiger partial charge is 0.276 e. The molecule has 8 heteroatoms. The molecule has 5 rings (SSSR count). The summed E-state index contributed by atoms with van der Waals surface area (Å²) < 4.78 is 14.1. The summed E-state index contributed by atoms with van der Waals surface area (Å²) in [7, 11) is 3.15. The second-order valence-corrected chi connectivity index (χ2v) is 11.0. The first-order valence-electron chi connectivity index (χ1n) is 12.2. The highest BCUT2D eigenvalue weighted by molar-refractivity contribution is 7.17. The molecule has 3 heterocycles. The highest BCUT2D eigenvalue weighted by atomic mass is 32.1. The fourth-order valence-electron chi connectivity index (χ4n) is 5.67. The highest BCUT2D eigenvalue weighted by Crippen LogP contribution is 2.42. The Balaban J connectivity index is 1.63. The van der Waals surface area contributed by atoms with Gasteiger partial charge in [0.2, 0.25) is 5.91 Å². The van der Waals surface area contributed by atoms with Gasteiger partial charge in [0, 0.05) is 12.1 Å². The van der Waals surface area contributed by atoms with Gasteiger partial charge >= 0.3 is 0 Å². The van der Waals surface area contributed by atoms with Crippen molar-refractivity contribution in [2.24, 2.45) is 11.8 Å². The van der Waals surface area contributed by atoms with Crippen molar-refractivity contribution in [1.82, 2.24) is 9.88 Å². The van der Waals surface area contributed by atoms with E-state index < -0.39 is 5.54 Å². The van der Waals surface area contributed by atoms with Crippen molar-refractivity contribution in [3.63, 3.8) is 0 Å². The quantitative estimate of drug-likeness (QED) is 0.536. The summed E-state index contributed by atoms with van der Waals surface area (Å²) in [5.74, 6) is 1.65. The first-order valence-corrected chi connectivity index (χ1v) is 13.1. The monoisotopic (exact) mass is 495 g/mol. The van der Waals surface area contributed by atoms with Crippen molar-refractivity contribution in [1.29, 1.82) is 0 Å². The summed E-state index contributed by atoms with van der Waals surface area (Å²) in [6.07, 6.45) is 3.23. The molecule has 1 N–H and O–H groups in total. The largest absolute Gasteiger partial charge is 0.497 e. The van der Waals surface area contributed by atoms with Crippen LogP contribution in [0.4, 0.5) is 5.69 Å². The fraction of sp³-hybridized carbons (Fsp3) is 0.481. The highest BCUT2D eigenvalue weighted by Gasteiger charge is 2.50. The van der Waals surface area contributed by atoms with E-state index in [4.69, 9.17) is 9.47 Å². The number of hydrogen-bond acceptors (Lipinski definition) is 5. The van der Waals surface area contributed by atoms with Crippen molar-refractivity contribution in [3.8, 4) is 11.5 Å². The Labute approximate surface area is 210 Å². The van der Waals surface area contributed by atoms with E-state index in [9.17, 15) is 9.59 Å². The Kier molecular flexibility index (Phi) is 6.03. The lowest BCUT2D eigenvalue weighted by Crippen LogP contribution is -2.66. The lowest BCUT2D eigenvalue weighted by Gasteiger charge is -2.45. The molecule has 4 atom stereocenters. The van der Waals surface area contributed by atoms with E-state index in [-0.39, 0.29) is 17.9 Å². The van der Waals surface area contributed by atoms with Gasteiger partial charge in [-0.3, -0.25) is 14.5 Å². The number of hydrogen-bond donors (Lipinski definition) is 1. The third-order valence-corrected chi connectivity index (χ3v) is 8.90. The third kappa shape index (κ3) is 3.78. The van der Waals surface area contributed by atoms with Crippen molar-refractivity contribution in [3.05, 3.63) is 41.4 Å². The summed E-state index contributed by atoms with van der Waals surface area (Å²) in [5, 5.41) is 5.36. The Hall–Kier alpha value is -3.00. The van der Waals surface area contributed by atoms with Crippen LogP contribution in [0.1, 0.15) is 50.5 Å². The number of nitrogens with zero attached hydrogens (tertiary/aromatic N) is 2. The molecule has 1 aromatic carbocycles. The minimum Gasteiger partial charge on any atom is -0.497 e. The summed E-state index contributed by atoms with van der Waals surface area (Å²) in [4.78, 5) is 29.9. The Bertz CT molecular complexity index is 1280. The zero-order valence-corrected chi connectivity index (χ0v) is 21.8. The van der Waals surface area contributed by atoms with Crippen LogP contribution in [-0.4, -0.2) is 42.2 Å². The number of aromatic nitrogens is 1. The molecule has 1 fully saturated rings. The molecule has 0 radical (unpaired) electrons. The molecule has 2 aliphatic rings. The topological polar surface area (TPSA) is 72.8 Å². The Morgan fingerprint density at radius 1 is 1.14 bits per heavy atom. The minimum absolute atomic E-state index is 0.0828. The number of fused-ring (bicyclic) bond motifs is 3. The molecule has 0 bridgehead atoms. The number of anilines is 1. The van der Waals surface area contributed by atoms with Gasteiger partial charge in [-0.2, -0.15) is 0 Å². The molecular formula is C27H33N3O4S.